The maximum absolute atomic E-state index is 11.3. The van der Waals surface area contributed by atoms with E-state index in [0.29, 0.717) is 0 Å². The number of carbonyl (C=O) groups is 1. The van der Waals surface area contributed by atoms with Crippen molar-refractivity contribution in [1.29, 1.82) is 0 Å². The van der Waals surface area contributed by atoms with Gasteiger partial charge in [-0.15, -0.1) is 0 Å². The second-order valence-electron chi connectivity index (χ2n) is 4.42. The summed E-state index contributed by atoms with van der Waals surface area (Å²) in [5.74, 6) is 0.718. The predicted molar refractivity (Wildman–Crippen MR) is 55.2 cm³/mol. The zero-order valence-electron chi connectivity index (χ0n) is 8.83. The molecule has 0 aromatic heterocycles. The maximum Gasteiger partial charge on any atom is 0.317 e. The third-order valence-electron chi connectivity index (χ3n) is 3.26. The first-order chi connectivity index (χ1) is 6.75. The van der Waals surface area contributed by atoms with Crippen LogP contribution in [-0.4, -0.2) is 55.6 Å². The molecule has 2 aliphatic heterocycles. The Morgan fingerprint density at radius 3 is 2.64 bits per heavy atom. The van der Waals surface area contributed by atoms with Gasteiger partial charge >= 0.3 is 6.03 Å². The zero-order chi connectivity index (χ0) is 9.97. The SMILES string of the molecule is CN1CCC(CN2CCNC2=O)CC1. The van der Waals surface area contributed by atoms with Gasteiger partial charge in [-0.1, -0.05) is 0 Å². The second-order valence-corrected chi connectivity index (χ2v) is 4.42. The van der Waals surface area contributed by atoms with Gasteiger partial charge in [0, 0.05) is 19.6 Å². The highest BCUT2D eigenvalue weighted by atomic mass is 16.2. The number of nitrogens with zero attached hydrogens (tertiary/aromatic N) is 2. The van der Waals surface area contributed by atoms with Crippen LogP contribution >= 0.6 is 0 Å². The van der Waals surface area contributed by atoms with Gasteiger partial charge in [-0.25, -0.2) is 4.79 Å². The first kappa shape index (κ1) is 9.77. The van der Waals surface area contributed by atoms with E-state index in [1.54, 1.807) is 0 Å². The van der Waals surface area contributed by atoms with Crippen molar-refractivity contribution in [2.24, 2.45) is 5.92 Å². The third kappa shape index (κ3) is 2.18. The van der Waals surface area contributed by atoms with Crippen molar-refractivity contribution in [2.75, 3.05) is 39.8 Å². The highest BCUT2D eigenvalue weighted by Crippen LogP contribution is 2.17. The number of hydrogen-bond donors (Lipinski definition) is 1. The van der Waals surface area contributed by atoms with Crippen molar-refractivity contribution in [3.05, 3.63) is 0 Å². The Kier molecular flexibility index (Phi) is 2.91. The summed E-state index contributed by atoms with van der Waals surface area (Å²) in [6, 6.07) is 0.129. The summed E-state index contributed by atoms with van der Waals surface area (Å²) in [7, 11) is 2.17. The fourth-order valence-electron chi connectivity index (χ4n) is 2.24. The molecular weight excluding hydrogens is 178 g/mol. The van der Waals surface area contributed by atoms with Crippen LogP contribution in [0.4, 0.5) is 4.79 Å². The molecule has 4 nitrogen and oxygen atoms in total. The van der Waals surface area contributed by atoms with Crippen molar-refractivity contribution < 1.29 is 4.79 Å². The molecule has 0 aliphatic carbocycles. The summed E-state index contributed by atoms with van der Waals surface area (Å²) < 4.78 is 0. The Morgan fingerprint density at radius 1 is 1.36 bits per heavy atom. The maximum atomic E-state index is 11.3. The third-order valence-corrected chi connectivity index (χ3v) is 3.26. The van der Waals surface area contributed by atoms with E-state index in [2.05, 4.69) is 17.3 Å². The Labute approximate surface area is 85.2 Å². The summed E-state index contributed by atoms with van der Waals surface area (Å²) in [4.78, 5) is 15.6. The summed E-state index contributed by atoms with van der Waals surface area (Å²) >= 11 is 0. The molecule has 0 spiro atoms. The Hall–Kier alpha value is -0.770. The monoisotopic (exact) mass is 197 g/mol. The molecule has 0 aromatic rings. The minimum absolute atomic E-state index is 0.129. The first-order valence-corrected chi connectivity index (χ1v) is 5.47. The molecule has 2 fully saturated rings. The number of rotatable bonds is 2. The molecular formula is C10H19N3O. The van der Waals surface area contributed by atoms with E-state index in [4.69, 9.17) is 0 Å². The van der Waals surface area contributed by atoms with Gasteiger partial charge in [-0.2, -0.15) is 0 Å². The molecule has 2 aliphatic rings. The van der Waals surface area contributed by atoms with Crippen molar-refractivity contribution in [3.8, 4) is 0 Å². The quantitative estimate of drug-likeness (QED) is 0.693. The molecule has 2 rings (SSSR count). The zero-order valence-corrected chi connectivity index (χ0v) is 8.83. The largest absolute Gasteiger partial charge is 0.336 e. The average Bonchev–Trinajstić information content (AvgIpc) is 2.56. The number of amides is 2. The van der Waals surface area contributed by atoms with Gasteiger partial charge in [-0.05, 0) is 38.9 Å². The molecule has 1 N–H and O–H groups in total. The normalized spacial score (nSPS) is 25.5. The van der Waals surface area contributed by atoms with Gasteiger partial charge in [0.15, 0.2) is 0 Å². The number of hydrogen-bond acceptors (Lipinski definition) is 2. The van der Waals surface area contributed by atoms with Crippen molar-refractivity contribution in [1.82, 2.24) is 15.1 Å². The standard InChI is InChI=1S/C10H19N3O/c1-12-5-2-9(3-6-12)8-13-7-4-11-10(13)14/h9H,2-8H2,1H3,(H,11,14). The molecule has 2 saturated heterocycles. The fraction of sp³-hybridized carbons (Fsp3) is 0.900. The van der Waals surface area contributed by atoms with E-state index in [1.165, 1.54) is 25.9 Å². The Bertz CT molecular complexity index is 211. The highest BCUT2D eigenvalue weighted by Gasteiger charge is 2.24. The molecule has 14 heavy (non-hydrogen) atoms. The van der Waals surface area contributed by atoms with E-state index < -0.39 is 0 Å². The van der Waals surface area contributed by atoms with Gasteiger partial charge in [-0.3, -0.25) is 0 Å². The highest BCUT2D eigenvalue weighted by molar-refractivity contribution is 5.76. The van der Waals surface area contributed by atoms with Crippen LogP contribution in [0.15, 0.2) is 0 Å². The number of piperidine rings is 1. The van der Waals surface area contributed by atoms with Crippen LogP contribution in [0.2, 0.25) is 0 Å². The van der Waals surface area contributed by atoms with Crippen LogP contribution in [-0.2, 0) is 0 Å². The van der Waals surface area contributed by atoms with E-state index in [1.807, 2.05) is 4.90 Å². The molecule has 2 amide bonds. The van der Waals surface area contributed by atoms with Crippen LogP contribution in [0.25, 0.3) is 0 Å². The van der Waals surface area contributed by atoms with Gasteiger partial charge in [0.1, 0.15) is 0 Å². The molecule has 0 radical (unpaired) electrons. The lowest BCUT2D eigenvalue weighted by molar-refractivity contribution is 0.173. The van der Waals surface area contributed by atoms with Gasteiger partial charge < -0.3 is 15.1 Å². The van der Waals surface area contributed by atoms with Crippen LogP contribution < -0.4 is 5.32 Å². The van der Waals surface area contributed by atoms with Gasteiger partial charge in [0.2, 0.25) is 0 Å². The van der Waals surface area contributed by atoms with Gasteiger partial charge in [0.05, 0.1) is 0 Å². The average molecular weight is 197 g/mol. The summed E-state index contributed by atoms with van der Waals surface area (Å²) in [6.45, 7) is 5.04. The fourth-order valence-corrected chi connectivity index (χ4v) is 2.24. The molecule has 0 unspecified atom stereocenters. The second kappa shape index (κ2) is 4.17. The van der Waals surface area contributed by atoms with Crippen LogP contribution in [0.1, 0.15) is 12.8 Å². The number of carbonyl (C=O) groups excluding carboxylic acids is 1. The molecule has 4 heteroatoms. The Morgan fingerprint density at radius 2 is 2.07 bits per heavy atom. The van der Waals surface area contributed by atoms with Crippen molar-refractivity contribution in [3.63, 3.8) is 0 Å². The van der Waals surface area contributed by atoms with E-state index in [0.717, 1.165) is 25.6 Å². The minimum Gasteiger partial charge on any atom is -0.336 e. The number of urea groups is 1. The van der Waals surface area contributed by atoms with Gasteiger partial charge in [0.25, 0.3) is 0 Å². The van der Waals surface area contributed by atoms with E-state index in [9.17, 15) is 4.79 Å². The Balaban J connectivity index is 1.77. The number of nitrogens with one attached hydrogen (secondary N) is 1. The van der Waals surface area contributed by atoms with Crippen molar-refractivity contribution in [2.45, 2.75) is 12.8 Å². The predicted octanol–water partition coefficient (Wildman–Crippen LogP) is 0.353. The smallest absolute Gasteiger partial charge is 0.317 e. The molecule has 0 saturated carbocycles. The summed E-state index contributed by atoms with van der Waals surface area (Å²) in [6.07, 6.45) is 2.47. The molecule has 0 atom stereocenters. The summed E-state index contributed by atoms with van der Waals surface area (Å²) in [5, 5.41) is 2.84. The molecule has 0 aromatic carbocycles. The molecule has 2 heterocycles. The van der Waals surface area contributed by atoms with E-state index >= 15 is 0 Å². The lowest BCUT2D eigenvalue weighted by Crippen LogP contribution is -2.38. The lowest BCUT2D eigenvalue weighted by Gasteiger charge is -2.31. The lowest BCUT2D eigenvalue weighted by atomic mass is 9.97. The van der Waals surface area contributed by atoms with Crippen LogP contribution in [0, 0.1) is 5.92 Å². The molecule has 80 valence electrons. The van der Waals surface area contributed by atoms with Crippen LogP contribution in [0.5, 0.6) is 0 Å². The number of likely N-dealkylation sites (tertiary alicyclic amines) is 1. The molecule has 0 bridgehead atoms. The van der Waals surface area contributed by atoms with E-state index in [-0.39, 0.29) is 6.03 Å². The summed E-state index contributed by atoms with van der Waals surface area (Å²) in [5.41, 5.74) is 0. The van der Waals surface area contributed by atoms with Crippen molar-refractivity contribution >= 4 is 6.03 Å². The first-order valence-electron chi connectivity index (χ1n) is 5.47. The van der Waals surface area contributed by atoms with Crippen LogP contribution in [0.3, 0.4) is 0 Å². The minimum atomic E-state index is 0.129. The topological polar surface area (TPSA) is 35.6 Å².